The van der Waals surface area contributed by atoms with E-state index in [1.54, 1.807) is 12.1 Å². The van der Waals surface area contributed by atoms with Crippen LogP contribution in [0.3, 0.4) is 0 Å². The second-order valence-electron chi connectivity index (χ2n) is 4.88. The molecule has 1 heterocycles. The minimum Gasteiger partial charge on any atom is -0.488 e. The standard InChI is InChI=1S/C16H16N2O2/c17-9-11-8-10-4-3-7-13(15(10)20-11)12-5-1-2-6-14(12)16(18)19/h1-7,11H,8-9,17H2,(H2,18,19)/t11-/m1/s1. The highest BCUT2D eigenvalue weighted by atomic mass is 16.5. The first kappa shape index (κ1) is 12.7. The second kappa shape index (κ2) is 4.98. The van der Waals surface area contributed by atoms with Crippen molar-refractivity contribution < 1.29 is 9.53 Å². The van der Waals surface area contributed by atoms with Crippen molar-refractivity contribution in [1.29, 1.82) is 0 Å². The Morgan fingerprint density at radius 2 is 1.90 bits per heavy atom. The molecule has 20 heavy (non-hydrogen) atoms. The average Bonchev–Trinajstić information content (AvgIpc) is 2.90. The van der Waals surface area contributed by atoms with E-state index >= 15 is 0 Å². The van der Waals surface area contributed by atoms with Gasteiger partial charge in [0, 0.05) is 24.1 Å². The van der Waals surface area contributed by atoms with Gasteiger partial charge in [0.05, 0.1) is 0 Å². The van der Waals surface area contributed by atoms with Gasteiger partial charge in [0.2, 0.25) is 5.91 Å². The summed E-state index contributed by atoms with van der Waals surface area (Å²) in [6, 6.07) is 13.2. The molecule has 4 nitrogen and oxygen atoms in total. The lowest BCUT2D eigenvalue weighted by Crippen LogP contribution is -2.24. The summed E-state index contributed by atoms with van der Waals surface area (Å²) in [5.74, 6) is 0.378. The summed E-state index contributed by atoms with van der Waals surface area (Å²) in [6.07, 6.45) is 0.810. The van der Waals surface area contributed by atoms with Gasteiger partial charge in [-0.3, -0.25) is 4.79 Å². The van der Waals surface area contributed by atoms with Gasteiger partial charge >= 0.3 is 0 Å². The predicted molar refractivity (Wildman–Crippen MR) is 77.6 cm³/mol. The zero-order valence-corrected chi connectivity index (χ0v) is 11.0. The molecule has 0 unspecified atom stereocenters. The Balaban J connectivity index is 2.14. The van der Waals surface area contributed by atoms with Crippen LogP contribution >= 0.6 is 0 Å². The SMILES string of the molecule is NC[C@H]1Cc2cccc(-c3ccccc3C(N)=O)c2O1. The van der Waals surface area contributed by atoms with Crippen LogP contribution in [0.2, 0.25) is 0 Å². The van der Waals surface area contributed by atoms with Crippen LogP contribution < -0.4 is 16.2 Å². The normalized spacial score (nSPS) is 16.6. The molecule has 1 aliphatic heterocycles. The van der Waals surface area contributed by atoms with E-state index in [-0.39, 0.29) is 6.10 Å². The molecule has 1 atom stereocenters. The largest absolute Gasteiger partial charge is 0.488 e. The van der Waals surface area contributed by atoms with Gasteiger partial charge in [-0.25, -0.2) is 0 Å². The van der Waals surface area contributed by atoms with Crippen molar-refractivity contribution in [2.24, 2.45) is 11.5 Å². The molecule has 3 rings (SSSR count). The highest BCUT2D eigenvalue weighted by Crippen LogP contribution is 2.39. The van der Waals surface area contributed by atoms with Gasteiger partial charge in [-0.1, -0.05) is 36.4 Å². The van der Waals surface area contributed by atoms with Crippen LogP contribution in [0.25, 0.3) is 11.1 Å². The van der Waals surface area contributed by atoms with Crippen molar-refractivity contribution in [3.63, 3.8) is 0 Å². The molecule has 0 spiro atoms. The van der Waals surface area contributed by atoms with Gasteiger partial charge in [0.1, 0.15) is 11.9 Å². The first-order valence-corrected chi connectivity index (χ1v) is 6.58. The van der Waals surface area contributed by atoms with Gasteiger partial charge in [-0.05, 0) is 17.2 Å². The topological polar surface area (TPSA) is 78.3 Å². The Labute approximate surface area is 117 Å². The van der Waals surface area contributed by atoms with Crippen molar-refractivity contribution in [3.05, 3.63) is 53.6 Å². The van der Waals surface area contributed by atoms with Crippen LogP contribution in [-0.4, -0.2) is 18.6 Å². The Hall–Kier alpha value is -2.33. The lowest BCUT2D eigenvalue weighted by atomic mass is 9.96. The van der Waals surface area contributed by atoms with Crippen LogP contribution in [0.15, 0.2) is 42.5 Å². The minimum atomic E-state index is -0.438. The molecule has 0 aliphatic carbocycles. The monoisotopic (exact) mass is 268 g/mol. The average molecular weight is 268 g/mol. The summed E-state index contributed by atoms with van der Waals surface area (Å²) in [4.78, 5) is 11.6. The van der Waals surface area contributed by atoms with Crippen molar-refractivity contribution >= 4 is 5.91 Å². The molecule has 4 heteroatoms. The van der Waals surface area contributed by atoms with Crippen LogP contribution in [-0.2, 0) is 6.42 Å². The van der Waals surface area contributed by atoms with E-state index in [0.717, 1.165) is 28.9 Å². The van der Waals surface area contributed by atoms with E-state index in [4.69, 9.17) is 16.2 Å². The lowest BCUT2D eigenvalue weighted by molar-refractivity contribution is 0.100. The zero-order valence-electron chi connectivity index (χ0n) is 11.0. The molecule has 0 bridgehead atoms. The molecule has 0 fully saturated rings. The van der Waals surface area contributed by atoms with E-state index < -0.39 is 5.91 Å². The van der Waals surface area contributed by atoms with Crippen LogP contribution in [0.5, 0.6) is 5.75 Å². The Kier molecular flexibility index (Phi) is 3.16. The number of ether oxygens (including phenoxy) is 1. The van der Waals surface area contributed by atoms with E-state index in [2.05, 4.69) is 0 Å². The fourth-order valence-corrected chi connectivity index (χ4v) is 2.61. The number of hydrogen-bond donors (Lipinski definition) is 2. The third-order valence-electron chi connectivity index (χ3n) is 3.57. The van der Waals surface area contributed by atoms with Gasteiger partial charge < -0.3 is 16.2 Å². The smallest absolute Gasteiger partial charge is 0.249 e. The molecule has 0 saturated carbocycles. The maximum Gasteiger partial charge on any atom is 0.249 e. The summed E-state index contributed by atoms with van der Waals surface area (Å²) < 4.78 is 5.90. The Morgan fingerprint density at radius 1 is 1.15 bits per heavy atom. The fourth-order valence-electron chi connectivity index (χ4n) is 2.61. The van der Waals surface area contributed by atoms with Crippen molar-refractivity contribution in [2.45, 2.75) is 12.5 Å². The molecular formula is C16H16N2O2. The quantitative estimate of drug-likeness (QED) is 0.889. The first-order chi connectivity index (χ1) is 9.70. The van der Waals surface area contributed by atoms with Gasteiger partial charge in [0.25, 0.3) is 0 Å². The van der Waals surface area contributed by atoms with Gasteiger partial charge in [-0.2, -0.15) is 0 Å². The highest BCUT2D eigenvalue weighted by molar-refractivity contribution is 6.00. The van der Waals surface area contributed by atoms with E-state index in [9.17, 15) is 4.79 Å². The Bertz CT molecular complexity index is 667. The number of carbonyl (C=O) groups excluding carboxylic acids is 1. The molecule has 4 N–H and O–H groups in total. The number of primary amides is 1. The molecule has 102 valence electrons. The number of nitrogens with two attached hydrogens (primary N) is 2. The number of hydrogen-bond acceptors (Lipinski definition) is 3. The number of carbonyl (C=O) groups is 1. The maximum atomic E-state index is 11.6. The molecule has 0 radical (unpaired) electrons. The molecule has 2 aromatic rings. The number of rotatable bonds is 3. The summed E-state index contributed by atoms with van der Waals surface area (Å²) >= 11 is 0. The van der Waals surface area contributed by atoms with Crippen LogP contribution in [0.1, 0.15) is 15.9 Å². The summed E-state index contributed by atoms with van der Waals surface area (Å²) in [7, 11) is 0. The lowest BCUT2D eigenvalue weighted by Gasteiger charge is -2.12. The summed E-state index contributed by atoms with van der Waals surface area (Å²) in [5.41, 5.74) is 14.5. The molecule has 0 aromatic heterocycles. The number of para-hydroxylation sites is 1. The molecule has 2 aromatic carbocycles. The van der Waals surface area contributed by atoms with E-state index in [1.807, 2.05) is 30.3 Å². The molecule has 1 aliphatic rings. The van der Waals surface area contributed by atoms with Crippen LogP contribution in [0.4, 0.5) is 0 Å². The third-order valence-corrected chi connectivity index (χ3v) is 3.57. The third kappa shape index (κ3) is 2.04. The van der Waals surface area contributed by atoms with E-state index in [1.165, 1.54) is 0 Å². The summed E-state index contributed by atoms with van der Waals surface area (Å²) in [5, 5.41) is 0. The van der Waals surface area contributed by atoms with E-state index in [0.29, 0.717) is 12.1 Å². The zero-order chi connectivity index (χ0) is 14.1. The van der Waals surface area contributed by atoms with Crippen molar-refractivity contribution in [3.8, 4) is 16.9 Å². The van der Waals surface area contributed by atoms with Gasteiger partial charge in [0.15, 0.2) is 0 Å². The number of amides is 1. The molecule has 1 amide bonds. The number of fused-ring (bicyclic) bond motifs is 1. The predicted octanol–water partition coefficient (Wildman–Crippen LogP) is 1.71. The molecule has 0 saturated heterocycles. The Morgan fingerprint density at radius 3 is 2.65 bits per heavy atom. The van der Waals surface area contributed by atoms with Gasteiger partial charge in [-0.15, -0.1) is 0 Å². The van der Waals surface area contributed by atoms with Crippen LogP contribution in [0, 0.1) is 0 Å². The number of benzene rings is 2. The fraction of sp³-hybridized carbons (Fsp3) is 0.188. The molecular weight excluding hydrogens is 252 g/mol. The van der Waals surface area contributed by atoms with Crippen molar-refractivity contribution in [2.75, 3.05) is 6.54 Å². The highest BCUT2D eigenvalue weighted by Gasteiger charge is 2.25. The minimum absolute atomic E-state index is 0.00638. The van der Waals surface area contributed by atoms with Crippen molar-refractivity contribution in [1.82, 2.24) is 0 Å². The first-order valence-electron chi connectivity index (χ1n) is 6.58. The second-order valence-corrected chi connectivity index (χ2v) is 4.88. The summed E-state index contributed by atoms with van der Waals surface area (Å²) in [6.45, 7) is 0.478. The maximum absolute atomic E-state index is 11.6.